The number of aromatic nitrogens is 1. The average Bonchev–Trinajstić information content (AvgIpc) is 2.28. The number of rotatable bonds is 6. The molecule has 0 amide bonds. The molecule has 0 aromatic carbocycles. The molecule has 0 saturated heterocycles. The summed E-state index contributed by atoms with van der Waals surface area (Å²) in [7, 11) is -3.66. The van der Waals surface area contributed by atoms with Crippen molar-refractivity contribution in [3.05, 3.63) is 27.6 Å². The van der Waals surface area contributed by atoms with Crippen molar-refractivity contribution in [1.29, 1.82) is 0 Å². The first-order valence-electron chi connectivity index (χ1n) is 4.93. The number of H-pyrrole nitrogens is 1. The molecule has 0 radical (unpaired) electrons. The van der Waals surface area contributed by atoms with Crippen molar-refractivity contribution >= 4 is 21.6 Å². The van der Waals surface area contributed by atoms with Crippen molar-refractivity contribution in [2.75, 3.05) is 19.8 Å². The molecule has 0 aliphatic rings. The molecule has 0 spiro atoms. The highest BCUT2D eigenvalue weighted by Gasteiger charge is 2.14. The Morgan fingerprint density at radius 1 is 1.53 bits per heavy atom. The zero-order valence-electron chi connectivity index (χ0n) is 9.20. The van der Waals surface area contributed by atoms with Gasteiger partial charge >= 0.3 is 0 Å². The topological polar surface area (TPSA) is 88.3 Å². The van der Waals surface area contributed by atoms with E-state index in [1.165, 1.54) is 0 Å². The molecular formula is C9H13ClN2O4S. The molecule has 0 aliphatic carbocycles. The monoisotopic (exact) mass is 280 g/mol. The fourth-order valence-electron chi connectivity index (χ4n) is 1.07. The van der Waals surface area contributed by atoms with Crippen LogP contribution in [0, 0.1) is 0 Å². The Kier molecular flexibility index (Phi) is 5.13. The lowest BCUT2D eigenvalue weighted by Gasteiger charge is -2.06. The van der Waals surface area contributed by atoms with E-state index in [2.05, 4.69) is 9.71 Å². The number of nitrogens with one attached hydrogen (secondary N) is 2. The zero-order chi connectivity index (χ0) is 12.9. The lowest BCUT2D eigenvalue weighted by molar-refractivity contribution is 0.153. The van der Waals surface area contributed by atoms with Crippen LogP contribution in [0.25, 0.3) is 0 Å². The van der Waals surface area contributed by atoms with E-state index in [-0.39, 0.29) is 23.1 Å². The van der Waals surface area contributed by atoms with E-state index < -0.39 is 15.6 Å². The number of aromatic amines is 1. The molecule has 1 heterocycles. The van der Waals surface area contributed by atoms with Crippen molar-refractivity contribution in [2.45, 2.75) is 11.8 Å². The second kappa shape index (κ2) is 6.15. The minimum atomic E-state index is -3.66. The van der Waals surface area contributed by atoms with Crippen LogP contribution in [-0.2, 0) is 14.8 Å². The second-order valence-corrected chi connectivity index (χ2v) is 5.28. The molecule has 0 bridgehead atoms. The largest absolute Gasteiger partial charge is 0.380 e. The minimum Gasteiger partial charge on any atom is -0.380 e. The van der Waals surface area contributed by atoms with Crippen molar-refractivity contribution in [2.24, 2.45) is 0 Å². The highest BCUT2D eigenvalue weighted by molar-refractivity contribution is 7.89. The molecule has 0 unspecified atom stereocenters. The average molecular weight is 281 g/mol. The summed E-state index contributed by atoms with van der Waals surface area (Å²) in [6.45, 7) is 2.78. The molecule has 1 aromatic heterocycles. The van der Waals surface area contributed by atoms with Crippen LogP contribution < -0.4 is 10.3 Å². The van der Waals surface area contributed by atoms with Gasteiger partial charge in [-0.3, -0.25) is 4.79 Å². The Morgan fingerprint density at radius 3 is 2.82 bits per heavy atom. The third kappa shape index (κ3) is 4.12. The van der Waals surface area contributed by atoms with Gasteiger partial charge in [-0.1, -0.05) is 11.6 Å². The molecular weight excluding hydrogens is 268 g/mol. The fourth-order valence-corrected chi connectivity index (χ4v) is 2.31. The van der Waals surface area contributed by atoms with E-state index in [1.807, 2.05) is 6.92 Å². The van der Waals surface area contributed by atoms with Gasteiger partial charge in [-0.2, -0.15) is 0 Å². The Bertz CT molecular complexity index is 526. The van der Waals surface area contributed by atoms with Crippen molar-refractivity contribution < 1.29 is 13.2 Å². The van der Waals surface area contributed by atoms with E-state index in [1.54, 1.807) is 0 Å². The van der Waals surface area contributed by atoms with Crippen LogP contribution in [0.3, 0.4) is 0 Å². The highest BCUT2D eigenvalue weighted by atomic mass is 35.5. The number of hydrogen-bond acceptors (Lipinski definition) is 4. The summed E-state index contributed by atoms with van der Waals surface area (Å²) in [4.78, 5) is 13.1. The van der Waals surface area contributed by atoms with Gasteiger partial charge in [-0.25, -0.2) is 13.1 Å². The summed E-state index contributed by atoms with van der Waals surface area (Å²) in [5, 5.41) is -0.169. The molecule has 1 aromatic rings. The van der Waals surface area contributed by atoms with E-state index in [4.69, 9.17) is 16.3 Å². The maximum Gasteiger partial charge on any atom is 0.266 e. The number of pyridine rings is 1. The normalized spacial score (nSPS) is 11.6. The van der Waals surface area contributed by atoms with Gasteiger partial charge in [-0.05, 0) is 13.0 Å². The first kappa shape index (κ1) is 14.2. The molecule has 0 saturated carbocycles. The number of sulfonamides is 1. The molecule has 2 N–H and O–H groups in total. The second-order valence-electron chi connectivity index (χ2n) is 3.11. The van der Waals surface area contributed by atoms with E-state index in [9.17, 15) is 13.2 Å². The van der Waals surface area contributed by atoms with E-state index >= 15 is 0 Å². The first-order chi connectivity index (χ1) is 7.97. The smallest absolute Gasteiger partial charge is 0.266 e. The molecule has 1 rings (SSSR count). The lowest BCUT2D eigenvalue weighted by Crippen LogP contribution is -2.28. The third-order valence-corrected chi connectivity index (χ3v) is 3.61. The SMILES string of the molecule is CCOCCNS(=O)(=O)c1c[nH]c(=O)c(Cl)c1. The van der Waals surface area contributed by atoms with Crippen LogP contribution in [0.1, 0.15) is 6.92 Å². The first-order valence-corrected chi connectivity index (χ1v) is 6.79. The predicted molar refractivity (Wildman–Crippen MR) is 63.8 cm³/mol. The highest BCUT2D eigenvalue weighted by Crippen LogP contribution is 2.09. The van der Waals surface area contributed by atoms with E-state index in [0.29, 0.717) is 6.61 Å². The number of hydrogen-bond donors (Lipinski definition) is 2. The summed E-state index contributed by atoms with van der Waals surface area (Å²) in [5.41, 5.74) is -0.528. The van der Waals surface area contributed by atoms with Gasteiger partial charge in [0.25, 0.3) is 5.56 Å². The van der Waals surface area contributed by atoms with Crippen molar-refractivity contribution in [3.63, 3.8) is 0 Å². The number of ether oxygens (including phenoxy) is 1. The molecule has 8 heteroatoms. The molecule has 6 nitrogen and oxygen atoms in total. The molecule has 0 atom stereocenters. The standard InChI is InChI=1S/C9H13ClN2O4S/c1-2-16-4-3-12-17(14,15)7-5-8(10)9(13)11-6-7/h5-6,12H,2-4H2,1H3,(H,11,13). The molecule has 0 fully saturated rings. The summed E-state index contributed by atoms with van der Waals surface area (Å²) >= 11 is 5.54. The minimum absolute atomic E-state index is 0.0846. The van der Waals surface area contributed by atoms with Crippen LogP contribution in [-0.4, -0.2) is 33.2 Å². The van der Waals surface area contributed by atoms with Crippen LogP contribution in [0.5, 0.6) is 0 Å². The van der Waals surface area contributed by atoms with Gasteiger partial charge in [0, 0.05) is 19.3 Å². The van der Waals surface area contributed by atoms with E-state index in [0.717, 1.165) is 12.3 Å². The lowest BCUT2D eigenvalue weighted by atomic mass is 10.5. The third-order valence-electron chi connectivity index (χ3n) is 1.88. The summed E-state index contributed by atoms with van der Waals surface area (Å²) in [6, 6.07) is 1.10. The van der Waals surface area contributed by atoms with Crippen LogP contribution in [0.2, 0.25) is 5.02 Å². The maximum absolute atomic E-state index is 11.7. The Labute approximate surface area is 104 Å². The Hall–Kier alpha value is -0.890. The van der Waals surface area contributed by atoms with Gasteiger partial charge < -0.3 is 9.72 Å². The molecule has 96 valence electrons. The zero-order valence-corrected chi connectivity index (χ0v) is 10.8. The number of halogens is 1. The predicted octanol–water partition coefficient (Wildman–Crippen LogP) is 0.343. The van der Waals surface area contributed by atoms with Crippen LogP contribution >= 0.6 is 11.6 Å². The summed E-state index contributed by atoms with van der Waals surface area (Å²) in [6.07, 6.45) is 1.09. The fraction of sp³-hybridized carbons (Fsp3) is 0.444. The molecule has 0 aliphatic heterocycles. The Morgan fingerprint density at radius 2 is 2.24 bits per heavy atom. The van der Waals surface area contributed by atoms with Crippen molar-refractivity contribution in [1.82, 2.24) is 9.71 Å². The maximum atomic E-state index is 11.7. The Balaban J connectivity index is 2.76. The van der Waals surface area contributed by atoms with Crippen LogP contribution in [0.4, 0.5) is 0 Å². The van der Waals surface area contributed by atoms with Gasteiger partial charge in [-0.15, -0.1) is 0 Å². The van der Waals surface area contributed by atoms with Crippen LogP contribution in [0.15, 0.2) is 22.0 Å². The molecule has 17 heavy (non-hydrogen) atoms. The summed E-state index contributed by atoms with van der Waals surface area (Å²) in [5.74, 6) is 0. The van der Waals surface area contributed by atoms with Crippen molar-refractivity contribution in [3.8, 4) is 0 Å². The summed E-state index contributed by atoms with van der Waals surface area (Å²) < 4.78 is 30.7. The van der Waals surface area contributed by atoms with Gasteiger partial charge in [0.15, 0.2) is 0 Å². The quantitative estimate of drug-likeness (QED) is 0.736. The van der Waals surface area contributed by atoms with Gasteiger partial charge in [0.2, 0.25) is 10.0 Å². The van der Waals surface area contributed by atoms with Gasteiger partial charge in [0.05, 0.1) is 11.5 Å². The van der Waals surface area contributed by atoms with Gasteiger partial charge in [0.1, 0.15) is 5.02 Å².